The molecule has 0 radical (unpaired) electrons. The van der Waals surface area contributed by atoms with Crippen molar-refractivity contribution in [3.05, 3.63) is 52.3 Å². The smallest absolute Gasteiger partial charge is 0.268 e. The maximum absolute atomic E-state index is 12.8. The Balaban J connectivity index is 1.95. The second-order valence-electron chi connectivity index (χ2n) is 6.56. The van der Waals surface area contributed by atoms with E-state index >= 15 is 0 Å². The van der Waals surface area contributed by atoms with Gasteiger partial charge in [-0.15, -0.1) is 0 Å². The van der Waals surface area contributed by atoms with Crippen LogP contribution in [-0.2, 0) is 16.3 Å². The van der Waals surface area contributed by atoms with E-state index in [0.29, 0.717) is 40.9 Å². The lowest BCUT2D eigenvalue weighted by molar-refractivity contribution is 0.0929. The molecule has 0 saturated carbocycles. The molecule has 1 amide bonds. The van der Waals surface area contributed by atoms with Gasteiger partial charge in [0, 0.05) is 11.3 Å². The van der Waals surface area contributed by atoms with Gasteiger partial charge in [0.05, 0.1) is 16.7 Å². The maximum atomic E-state index is 12.8. The molecule has 1 atom stereocenters. The summed E-state index contributed by atoms with van der Waals surface area (Å²) in [6.45, 7) is 5.16. The average Bonchev–Trinajstić information content (AvgIpc) is 2.94. The van der Waals surface area contributed by atoms with E-state index < -0.39 is 9.84 Å². The van der Waals surface area contributed by atoms with Crippen LogP contribution in [0.1, 0.15) is 64.0 Å². The Morgan fingerprint density at radius 3 is 2.62 bits per heavy atom. The maximum Gasteiger partial charge on any atom is 0.268 e. The van der Waals surface area contributed by atoms with Crippen LogP contribution in [0, 0.1) is 6.92 Å². The Morgan fingerprint density at radius 1 is 1.27 bits per heavy atom. The lowest BCUT2D eigenvalue weighted by atomic mass is 10.0. The molecule has 0 fully saturated rings. The third-order valence-electron chi connectivity index (χ3n) is 4.83. The summed E-state index contributed by atoms with van der Waals surface area (Å²) in [5.74, 6) is -0.404. The van der Waals surface area contributed by atoms with Crippen molar-refractivity contribution in [1.29, 1.82) is 0 Å². The van der Waals surface area contributed by atoms with Crippen molar-refractivity contribution in [2.45, 2.75) is 44.6 Å². The van der Waals surface area contributed by atoms with E-state index in [0.717, 1.165) is 0 Å². The summed E-state index contributed by atoms with van der Waals surface area (Å²) >= 11 is 0. The van der Waals surface area contributed by atoms with Crippen molar-refractivity contribution < 1.29 is 18.0 Å². The first kappa shape index (κ1) is 18.4. The van der Waals surface area contributed by atoms with E-state index in [1.54, 1.807) is 31.2 Å². The van der Waals surface area contributed by atoms with E-state index in [4.69, 9.17) is 0 Å². The number of nitrogens with one attached hydrogen (secondary N) is 2. The van der Waals surface area contributed by atoms with Gasteiger partial charge in [0.15, 0.2) is 15.6 Å². The zero-order chi connectivity index (χ0) is 19.1. The van der Waals surface area contributed by atoms with Gasteiger partial charge < -0.3 is 10.3 Å². The van der Waals surface area contributed by atoms with Crippen LogP contribution in [0.25, 0.3) is 0 Å². The highest BCUT2D eigenvalue weighted by molar-refractivity contribution is 7.91. The van der Waals surface area contributed by atoms with Crippen molar-refractivity contribution in [3.8, 4) is 0 Å². The van der Waals surface area contributed by atoms with E-state index in [2.05, 4.69) is 10.3 Å². The highest BCUT2D eigenvalue weighted by Crippen LogP contribution is 2.32. The molecule has 0 bridgehead atoms. The van der Waals surface area contributed by atoms with Gasteiger partial charge in [-0.2, -0.15) is 0 Å². The number of amides is 1. The fourth-order valence-electron chi connectivity index (χ4n) is 3.67. The molecule has 0 aliphatic carbocycles. The van der Waals surface area contributed by atoms with Crippen LogP contribution in [0.15, 0.2) is 29.2 Å². The Morgan fingerprint density at radius 2 is 1.96 bits per heavy atom. The number of aryl methyl sites for hydroxylation is 1. The fourth-order valence-corrected chi connectivity index (χ4v) is 5.29. The molecule has 2 heterocycles. The zero-order valence-electron chi connectivity index (χ0n) is 15.0. The number of fused-ring (bicyclic) bond motifs is 1. The fraction of sp³-hybridized carbons (Fsp3) is 0.368. The Hall–Kier alpha value is -2.41. The molecule has 2 aromatic rings. The quantitative estimate of drug-likeness (QED) is 0.804. The Labute approximate surface area is 152 Å². The first-order chi connectivity index (χ1) is 12.3. The normalized spacial score (nSPS) is 18.2. The van der Waals surface area contributed by atoms with Gasteiger partial charge in [0.1, 0.15) is 5.69 Å². The molecule has 3 rings (SSSR count). The summed E-state index contributed by atoms with van der Waals surface area (Å²) in [7, 11) is -3.31. The second kappa shape index (κ2) is 6.72. The number of hydrogen-bond donors (Lipinski definition) is 2. The van der Waals surface area contributed by atoms with Crippen molar-refractivity contribution in [1.82, 2.24) is 10.3 Å². The number of rotatable bonds is 4. The average molecular weight is 374 g/mol. The molecule has 6 nitrogen and oxygen atoms in total. The number of hydrogen-bond acceptors (Lipinski definition) is 4. The van der Waals surface area contributed by atoms with Crippen molar-refractivity contribution >= 4 is 21.5 Å². The van der Waals surface area contributed by atoms with Gasteiger partial charge in [-0.05, 0) is 43.9 Å². The van der Waals surface area contributed by atoms with Crippen LogP contribution in [0.3, 0.4) is 0 Å². The van der Waals surface area contributed by atoms with Crippen LogP contribution in [0.2, 0.25) is 0 Å². The zero-order valence-corrected chi connectivity index (χ0v) is 15.9. The number of ketones is 1. The highest BCUT2D eigenvalue weighted by atomic mass is 32.2. The van der Waals surface area contributed by atoms with Crippen LogP contribution in [0.4, 0.5) is 0 Å². The summed E-state index contributed by atoms with van der Waals surface area (Å²) in [6, 6.07) is 6.38. The molecule has 0 saturated heterocycles. The Kier molecular flexibility index (Phi) is 4.75. The van der Waals surface area contributed by atoms with E-state index in [1.165, 1.54) is 6.92 Å². The molecule has 26 heavy (non-hydrogen) atoms. The molecule has 1 aromatic carbocycles. The largest absolute Gasteiger partial charge is 0.354 e. The number of carbonyl (C=O) groups excluding carboxylic acids is 2. The lowest BCUT2D eigenvalue weighted by Gasteiger charge is -2.26. The van der Waals surface area contributed by atoms with Gasteiger partial charge in [0.2, 0.25) is 0 Å². The summed E-state index contributed by atoms with van der Waals surface area (Å²) < 4.78 is 24.5. The first-order valence-electron chi connectivity index (χ1n) is 8.61. The number of carbonyl (C=O) groups is 2. The summed E-state index contributed by atoms with van der Waals surface area (Å²) in [5, 5.41) is 2.94. The summed E-state index contributed by atoms with van der Waals surface area (Å²) in [5.41, 5.74) is 2.92. The van der Waals surface area contributed by atoms with E-state index in [-0.39, 0.29) is 28.4 Å². The molecule has 1 aromatic heterocycles. The lowest BCUT2D eigenvalue weighted by Crippen LogP contribution is -2.34. The monoisotopic (exact) mass is 374 g/mol. The minimum Gasteiger partial charge on any atom is -0.354 e. The number of aromatic amines is 1. The van der Waals surface area contributed by atoms with Gasteiger partial charge in [-0.3, -0.25) is 9.59 Å². The predicted octanol–water partition coefficient (Wildman–Crippen LogP) is 2.74. The van der Waals surface area contributed by atoms with Gasteiger partial charge in [0.25, 0.3) is 5.91 Å². The first-order valence-corrected chi connectivity index (χ1v) is 10.3. The molecular formula is C19H22N2O4S. The van der Waals surface area contributed by atoms with Crippen LogP contribution in [-0.4, -0.2) is 30.8 Å². The predicted molar refractivity (Wildman–Crippen MR) is 98.2 cm³/mol. The molecule has 7 heteroatoms. The highest BCUT2D eigenvalue weighted by Gasteiger charge is 2.32. The molecule has 1 aliphatic heterocycles. The van der Waals surface area contributed by atoms with Gasteiger partial charge in [-0.1, -0.05) is 25.1 Å². The minimum absolute atomic E-state index is 0.00194. The summed E-state index contributed by atoms with van der Waals surface area (Å²) in [6.07, 6.45) is 0.878. The van der Waals surface area contributed by atoms with Crippen LogP contribution < -0.4 is 5.32 Å². The number of benzene rings is 1. The molecule has 2 N–H and O–H groups in total. The SMILES string of the molecule is CCc1c(C(=O)NC2CCS(=O)(=O)c3ccccc32)[nH]c(C)c1C(C)=O. The molecule has 0 spiro atoms. The molecule has 1 aliphatic rings. The number of Topliss-reactive ketones (excluding diaryl/α,β-unsaturated/α-hetero) is 1. The second-order valence-corrected chi connectivity index (χ2v) is 8.64. The molecular weight excluding hydrogens is 352 g/mol. The standard InChI is InChI=1S/C19H22N2O4S/c1-4-13-17(12(3)22)11(2)20-18(13)19(23)21-15-9-10-26(24,25)16-8-6-5-7-14(15)16/h5-8,15,20H,4,9-10H2,1-3H3,(H,21,23). The molecule has 138 valence electrons. The summed E-state index contributed by atoms with van der Waals surface area (Å²) in [4.78, 5) is 28.0. The van der Waals surface area contributed by atoms with Crippen molar-refractivity contribution in [3.63, 3.8) is 0 Å². The third-order valence-corrected chi connectivity index (χ3v) is 6.65. The van der Waals surface area contributed by atoms with E-state index in [1.807, 2.05) is 6.92 Å². The topological polar surface area (TPSA) is 96.1 Å². The van der Waals surface area contributed by atoms with Gasteiger partial charge >= 0.3 is 0 Å². The number of aromatic nitrogens is 1. The molecule has 1 unspecified atom stereocenters. The number of H-pyrrole nitrogens is 1. The van der Waals surface area contributed by atoms with Crippen molar-refractivity contribution in [2.75, 3.05) is 5.75 Å². The van der Waals surface area contributed by atoms with Crippen LogP contribution in [0.5, 0.6) is 0 Å². The third kappa shape index (κ3) is 3.07. The van der Waals surface area contributed by atoms with E-state index in [9.17, 15) is 18.0 Å². The van der Waals surface area contributed by atoms with Crippen molar-refractivity contribution in [2.24, 2.45) is 0 Å². The number of sulfone groups is 1. The van der Waals surface area contributed by atoms with Crippen LogP contribution >= 0.6 is 0 Å². The minimum atomic E-state index is -3.31. The Bertz CT molecular complexity index is 989. The van der Waals surface area contributed by atoms with Gasteiger partial charge in [-0.25, -0.2) is 8.42 Å².